The van der Waals surface area contributed by atoms with E-state index in [4.69, 9.17) is 14.2 Å². The third-order valence-corrected chi connectivity index (χ3v) is 3.51. The number of Topliss-reactive ketones (excluding diaryl/α,β-unsaturated/α-hetero) is 1. The molecular formula is C14H17FO4. The van der Waals surface area contributed by atoms with Crippen molar-refractivity contribution >= 4 is 5.78 Å². The van der Waals surface area contributed by atoms with E-state index < -0.39 is 11.4 Å². The summed E-state index contributed by atoms with van der Waals surface area (Å²) in [6.45, 7) is 0.911. The predicted molar refractivity (Wildman–Crippen MR) is 67.1 cm³/mol. The van der Waals surface area contributed by atoms with E-state index in [0.29, 0.717) is 31.8 Å². The number of benzene rings is 1. The molecule has 4 nitrogen and oxygen atoms in total. The van der Waals surface area contributed by atoms with Crippen molar-refractivity contribution in [3.8, 4) is 5.75 Å². The van der Waals surface area contributed by atoms with Crippen LogP contribution in [-0.2, 0) is 9.47 Å². The molecule has 2 rings (SSSR count). The summed E-state index contributed by atoms with van der Waals surface area (Å²) in [6, 6.07) is 3.90. The monoisotopic (exact) mass is 268 g/mol. The molecule has 5 heteroatoms. The summed E-state index contributed by atoms with van der Waals surface area (Å²) in [6.07, 6.45) is 0.921. The molecule has 1 fully saturated rings. The van der Waals surface area contributed by atoms with Crippen molar-refractivity contribution in [2.45, 2.75) is 18.4 Å². The van der Waals surface area contributed by atoms with E-state index >= 15 is 0 Å². The fraction of sp³-hybridized carbons (Fsp3) is 0.500. The molecule has 0 aromatic heterocycles. The Morgan fingerprint density at radius 1 is 1.32 bits per heavy atom. The molecule has 1 aromatic rings. The van der Waals surface area contributed by atoms with E-state index in [0.717, 1.165) is 0 Å². The first kappa shape index (κ1) is 14.0. The van der Waals surface area contributed by atoms with Crippen molar-refractivity contribution < 1.29 is 23.4 Å². The summed E-state index contributed by atoms with van der Waals surface area (Å²) in [5.74, 6) is -0.369. The average Bonchev–Trinajstić information content (AvgIpc) is 2.47. The van der Waals surface area contributed by atoms with Crippen LogP contribution in [0.3, 0.4) is 0 Å². The molecule has 0 amide bonds. The molecule has 0 atom stereocenters. The average molecular weight is 268 g/mol. The van der Waals surface area contributed by atoms with Crippen LogP contribution in [0.25, 0.3) is 0 Å². The highest BCUT2D eigenvalue weighted by molar-refractivity contribution is 6.04. The number of ether oxygens (including phenoxy) is 3. The van der Waals surface area contributed by atoms with Gasteiger partial charge in [0.1, 0.15) is 17.2 Å². The van der Waals surface area contributed by atoms with Crippen LogP contribution < -0.4 is 4.74 Å². The minimum Gasteiger partial charge on any atom is -0.496 e. The first-order chi connectivity index (χ1) is 9.13. The van der Waals surface area contributed by atoms with E-state index in [1.54, 1.807) is 0 Å². The Bertz CT molecular complexity index is 467. The highest BCUT2D eigenvalue weighted by atomic mass is 19.1. The van der Waals surface area contributed by atoms with Crippen molar-refractivity contribution in [2.75, 3.05) is 27.4 Å². The maximum Gasteiger partial charge on any atom is 0.198 e. The number of ketones is 1. The molecule has 0 N–H and O–H groups in total. The number of halogens is 1. The van der Waals surface area contributed by atoms with Crippen LogP contribution in [0, 0.1) is 5.82 Å². The quantitative estimate of drug-likeness (QED) is 0.785. The minimum atomic E-state index is -0.945. The van der Waals surface area contributed by atoms with Crippen LogP contribution in [0.5, 0.6) is 5.75 Å². The standard InChI is InChI=1S/C14H17FO4/c1-17-12-4-3-10(15)9-11(12)13(16)14(18-2)5-7-19-8-6-14/h3-4,9H,5-8H2,1-2H3. The van der Waals surface area contributed by atoms with Crippen LogP contribution in [0.1, 0.15) is 23.2 Å². The molecule has 1 aromatic carbocycles. The number of carbonyl (C=O) groups excluding carboxylic acids is 1. The molecule has 1 heterocycles. The second kappa shape index (κ2) is 5.67. The SMILES string of the molecule is COc1ccc(F)cc1C(=O)C1(OC)CCOCC1. The van der Waals surface area contributed by atoms with Gasteiger partial charge in [-0.1, -0.05) is 0 Å². The molecule has 19 heavy (non-hydrogen) atoms. The number of hydrogen-bond donors (Lipinski definition) is 0. The Morgan fingerprint density at radius 3 is 2.58 bits per heavy atom. The molecule has 0 saturated carbocycles. The second-order valence-corrected chi connectivity index (χ2v) is 4.48. The molecular weight excluding hydrogens is 251 g/mol. The van der Waals surface area contributed by atoms with Gasteiger partial charge in [-0.25, -0.2) is 4.39 Å². The van der Waals surface area contributed by atoms with Gasteiger partial charge in [-0.15, -0.1) is 0 Å². The lowest BCUT2D eigenvalue weighted by Crippen LogP contribution is -2.45. The largest absolute Gasteiger partial charge is 0.496 e. The molecule has 1 saturated heterocycles. The van der Waals surface area contributed by atoms with E-state index in [2.05, 4.69) is 0 Å². The Hall–Kier alpha value is -1.46. The number of rotatable bonds is 4. The van der Waals surface area contributed by atoms with Crippen molar-refractivity contribution in [2.24, 2.45) is 0 Å². The molecule has 0 unspecified atom stereocenters. The fourth-order valence-corrected chi connectivity index (χ4v) is 2.33. The summed E-state index contributed by atoms with van der Waals surface area (Å²) < 4.78 is 29.2. The maximum atomic E-state index is 13.4. The van der Waals surface area contributed by atoms with Crippen LogP contribution in [0.15, 0.2) is 18.2 Å². The Kier molecular flexibility index (Phi) is 4.17. The topological polar surface area (TPSA) is 44.8 Å². The molecule has 1 aliphatic heterocycles. The van der Waals surface area contributed by atoms with Crippen molar-refractivity contribution in [1.82, 2.24) is 0 Å². The smallest absolute Gasteiger partial charge is 0.198 e. The summed E-state index contributed by atoms with van der Waals surface area (Å²) in [7, 11) is 2.95. The molecule has 0 aliphatic carbocycles. The van der Waals surface area contributed by atoms with Crippen LogP contribution in [0.4, 0.5) is 4.39 Å². The first-order valence-electron chi connectivity index (χ1n) is 6.14. The van der Waals surface area contributed by atoms with Crippen molar-refractivity contribution in [3.05, 3.63) is 29.6 Å². The van der Waals surface area contributed by atoms with Gasteiger partial charge in [0.2, 0.25) is 0 Å². The lowest BCUT2D eigenvalue weighted by Gasteiger charge is -2.34. The maximum absolute atomic E-state index is 13.4. The third-order valence-electron chi connectivity index (χ3n) is 3.51. The van der Waals surface area contributed by atoms with Crippen LogP contribution in [0.2, 0.25) is 0 Å². The summed E-state index contributed by atoms with van der Waals surface area (Å²) in [4.78, 5) is 12.7. The normalized spacial score (nSPS) is 18.1. The van der Waals surface area contributed by atoms with Gasteiger partial charge in [0.15, 0.2) is 5.78 Å². The first-order valence-corrected chi connectivity index (χ1v) is 6.14. The Balaban J connectivity index is 2.39. The lowest BCUT2D eigenvalue weighted by atomic mass is 9.85. The predicted octanol–water partition coefficient (Wildman–Crippen LogP) is 2.21. The summed E-state index contributed by atoms with van der Waals surface area (Å²) in [5.41, 5.74) is -0.731. The van der Waals surface area contributed by atoms with Crippen molar-refractivity contribution in [1.29, 1.82) is 0 Å². The molecule has 0 radical (unpaired) electrons. The zero-order valence-electron chi connectivity index (χ0n) is 11.1. The summed E-state index contributed by atoms with van der Waals surface area (Å²) in [5, 5.41) is 0. The highest BCUT2D eigenvalue weighted by Gasteiger charge is 2.41. The highest BCUT2D eigenvalue weighted by Crippen LogP contribution is 2.32. The van der Waals surface area contributed by atoms with E-state index in [1.807, 2.05) is 0 Å². The fourth-order valence-electron chi connectivity index (χ4n) is 2.33. The zero-order chi connectivity index (χ0) is 13.9. The van der Waals surface area contributed by atoms with E-state index in [1.165, 1.54) is 32.4 Å². The second-order valence-electron chi connectivity index (χ2n) is 4.48. The van der Waals surface area contributed by atoms with Crippen molar-refractivity contribution in [3.63, 3.8) is 0 Å². The van der Waals surface area contributed by atoms with Crippen LogP contribution >= 0.6 is 0 Å². The van der Waals surface area contributed by atoms with Gasteiger partial charge >= 0.3 is 0 Å². The Morgan fingerprint density at radius 2 is 2.00 bits per heavy atom. The number of carbonyl (C=O) groups is 1. The van der Waals surface area contributed by atoms with Crippen LogP contribution in [-0.4, -0.2) is 38.8 Å². The third kappa shape index (κ3) is 2.62. The zero-order valence-corrected chi connectivity index (χ0v) is 11.1. The lowest BCUT2D eigenvalue weighted by molar-refractivity contribution is -0.0664. The molecule has 1 aliphatic rings. The number of methoxy groups -OCH3 is 2. The van der Waals surface area contributed by atoms with E-state index in [-0.39, 0.29) is 11.3 Å². The van der Waals surface area contributed by atoms with Gasteiger partial charge in [0.25, 0.3) is 0 Å². The number of hydrogen-bond acceptors (Lipinski definition) is 4. The Labute approximate surface area is 111 Å². The van der Waals surface area contributed by atoms with Gasteiger partial charge in [0, 0.05) is 33.2 Å². The van der Waals surface area contributed by atoms with Gasteiger partial charge in [-0.2, -0.15) is 0 Å². The van der Waals surface area contributed by atoms with Gasteiger partial charge in [-0.3, -0.25) is 4.79 Å². The molecule has 104 valence electrons. The van der Waals surface area contributed by atoms with Gasteiger partial charge < -0.3 is 14.2 Å². The summed E-state index contributed by atoms with van der Waals surface area (Å²) >= 11 is 0. The van der Waals surface area contributed by atoms with E-state index in [9.17, 15) is 9.18 Å². The molecule has 0 spiro atoms. The minimum absolute atomic E-state index is 0.214. The van der Waals surface area contributed by atoms with Gasteiger partial charge in [-0.05, 0) is 18.2 Å². The van der Waals surface area contributed by atoms with Gasteiger partial charge in [0.05, 0.1) is 12.7 Å². The molecule has 0 bridgehead atoms.